The third-order valence-corrected chi connectivity index (χ3v) is 6.30. The first-order valence-electron chi connectivity index (χ1n) is 12.1. The molecule has 13 heteroatoms. The van der Waals surface area contributed by atoms with Crippen molar-refractivity contribution in [1.82, 2.24) is 4.90 Å². The van der Waals surface area contributed by atoms with Crippen LogP contribution in [0.1, 0.15) is 47.6 Å². The average molecular weight is 585 g/mol. The van der Waals surface area contributed by atoms with Crippen LogP contribution in [-0.4, -0.2) is 30.1 Å². The van der Waals surface area contributed by atoms with Crippen LogP contribution in [0.2, 0.25) is 0 Å². The van der Waals surface area contributed by atoms with Crippen molar-refractivity contribution in [1.29, 1.82) is 0 Å². The third-order valence-electron chi connectivity index (χ3n) is 6.30. The van der Waals surface area contributed by atoms with Crippen molar-refractivity contribution in [2.24, 2.45) is 0 Å². The number of hydrogen-bond donors (Lipinski definition) is 0. The van der Waals surface area contributed by atoms with Crippen LogP contribution in [0.25, 0.3) is 11.1 Å². The molecule has 41 heavy (non-hydrogen) atoms. The summed E-state index contributed by atoms with van der Waals surface area (Å²) in [5, 5.41) is 11.3. The molecule has 3 rings (SSSR count). The highest BCUT2D eigenvalue weighted by Gasteiger charge is 2.34. The van der Waals surface area contributed by atoms with Crippen molar-refractivity contribution < 1.29 is 45.5 Å². The molecule has 1 amide bonds. The zero-order valence-corrected chi connectivity index (χ0v) is 22.4. The number of amides is 1. The largest absolute Gasteiger partial charge is 0.496 e. The summed E-state index contributed by atoms with van der Waals surface area (Å²) >= 11 is 0. The van der Waals surface area contributed by atoms with Crippen LogP contribution in [0.15, 0.2) is 54.6 Å². The molecule has 0 fully saturated rings. The average Bonchev–Trinajstić information content (AvgIpc) is 2.90. The lowest BCUT2D eigenvalue weighted by molar-refractivity contribution is -0.385. The Bertz CT molecular complexity index is 1440. The van der Waals surface area contributed by atoms with Crippen LogP contribution in [0.5, 0.6) is 5.75 Å². The van der Waals surface area contributed by atoms with Gasteiger partial charge in [0.15, 0.2) is 0 Å². The van der Waals surface area contributed by atoms with Gasteiger partial charge >= 0.3 is 18.4 Å². The Labute approximate surface area is 231 Å². The number of ether oxygens (including phenoxy) is 2. The number of non-ortho nitro benzene ring substituents is 1. The summed E-state index contributed by atoms with van der Waals surface area (Å²) in [4.78, 5) is 23.8. The van der Waals surface area contributed by atoms with Gasteiger partial charge in [-0.2, -0.15) is 26.3 Å². The van der Waals surface area contributed by atoms with Gasteiger partial charge in [0.25, 0.3) is 5.69 Å². The number of carbonyl (C=O) groups is 1. The summed E-state index contributed by atoms with van der Waals surface area (Å²) < 4.78 is 91.6. The maximum Gasteiger partial charge on any atom is 0.416 e. The van der Waals surface area contributed by atoms with Gasteiger partial charge in [0.05, 0.1) is 30.3 Å². The Balaban J connectivity index is 2.18. The van der Waals surface area contributed by atoms with Gasteiger partial charge in [-0.25, -0.2) is 4.79 Å². The van der Waals surface area contributed by atoms with Gasteiger partial charge in [-0.1, -0.05) is 26.0 Å². The number of benzene rings is 3. The van der Waals surface area contributed by atoms with Crippen molar-refractivity contribution in [3.05, 3.63) is 92.5 Å². The van der Waals surface area contributed by atoms with Crippen LogP contribution in [0.4, 0.5) is 36.8 Å². The molecule has 0 saturated carbocycles. The fraction of sp³-hybridized carbons (Fsp3) is 0.321. The summed E-state index contributed by atoms with van der Waals surface area (Å²) in [7, 11) is 2.38. The lowest BCUT2D eigenvalue weighted by atomic mass is 9.92. The second kappa shape index (κ2) is 12.1. The summed E-state index contributed by atoms with van der Waals surface area (Å²) in [5.41, 5.74) is -1.92. The van der Waals surface area contributed by atoms with Crippen LogP contribution in [0.3, 0.4) is 0 Å². The second-order valence-electron chi connectivity index (χ2n) is 9.45. The number of methoxy groups -OCH3 is 2. The Morgan fingerprint density at radius 1 is 0.878 bits per heavy atom. The Hall–Kier alpha value is -4.29. The third kappa shape index (κ3) is 7.47. The number of hydrogen-bond acceptors (Lipinski definition) is 5. The molecular formula is C28H26F6N2O5. The molecule has 0 radical (unpaired) electrons. The summed E-state index contributed by atoms with van der Waals surface area (Å²) in [6.07, 6.45) is -10.7. The first-order chi connectivity index (χ1) is 19.0. The Morgan fingerprint density at radius 2 is 1.54 bits per heavy atom. The van der Waals surface area contributed by atoms with Gasteiger partial charge in [-0.15, -0.1) is 0 Å². The molecule has 0 heterocycles. The maximum absolute atomic E-state index is 13.7. The number of nitro groups is 1. The summed E-state index contributed by atoms with van der Waals surface area (Å²) in [6.45, 7) is 2.68. The van der Waals surface area contributed by atoms with Crippen LogP contribution >= 0.6 is 0 Å². The first-order valence-corrected chi connectivity index (χ1v) is 12.1. The lowest BCUT2D eigenvalue weighted by Crippen LogP contribution is -2.30. The fourth-order valence-corrected chi connectivity index (χ4v) is 4.23. The number of nitrogens with zero attached hydrogens (tertiary/aromatic N) is 2. The van der Waals surface area contributed by atoms with E-state index < -0.39 is 53.3 Å². The molecule has 0 aliphatic heterocycles. The van der Waals surface area contributed by atoms with E-state index in [9.17, 15) is 41.3 Å². The molecule has 0 atom stereocenters. The van der Waals surface area contributed by atoms with Crippen molar-refractivity contribution in [2.45, 2.75) is 45.2 Å². The molecule has 0 bridgehead atoms. The molecule has 3 aromatic rings. The van der Waals surface area contributed by atoms with E-state index in [4.69, 9.17) is 9.47 Å². The number of carbonyl (C=O) groups excluding carboxylic acids is 1. The molecule has 0 unspecified atom stereocenters. The predicted molar refractivity (Wildman–Crippen MR) is 137 cm³/mol. The minimum absolute atomic E-state index is 0.00842. The number of nitro benzene ring substituents is 1. The highest BCUT2D eigenvalue weighted by molar-refractivity contribution is 5.76. The van der Waals surface area contributed by atoms with E-state index in [1.54, 1.807) is 18.2 Å². The summed E-state index contributed by atoms with van der Waals surface area (Å²) in [5.74, 6) is 0.398. The number of rotatable bonds is 8. The molecular weight excluding hydrogens is 558 g/mol. The molecule has 0 aromatic heterocycles. The van der Waals surface area contributed by atoms with Crippen molar-refractivity contribution in [3.63, 3.8) is 0 Å². The maximum atomic E-state index is 13.7. The fourth-order valence-electron chi connectivity index (χ4n) is 4.23. The van der Waals surface area contributed by atoms with Crippen LogP contribution in [-0.2, 0) is 30.2 Å². The Kier molecular flexibility index (Phi) is 9.19. The van der Waals surface area contributed by atoms with E-state index >= 15 is 0 Å². The minimum Gasteiger partial charge on any atom is -0.496 e. The van der Waals surface area contributed by atoms with E-state index in [2.05, 4.69) is 0 Å². The number of alkyl halides is 6. The minimum atomic E-state index is -4.93. The SMILES string of the molecule is COC(=O)N(Cc1cc([N+](=O)[O-])cc(C(F)(F)F)c1)Cc1cc(C(F)(F)F)ccc1-c1cc(C(C)C)ccc1OC. The summed E-state index contributed by atoms with van der Waals surface area (Å²) in [6, 6.07) is 9.98. The lowest BCUT2D eigenvalue weighted by Gasteiger charge is -2.24. The van der Waals surface area contributed by atoms with Gasteiger partial charge in [0, 0.05) is 30.8 Å². The topological polar surface area (TPSA) is 81.9 Å². The van der Waals surface area contributed by atoms with Crippen molar-refractivity contribution in [3.8, 4) is 16.9 Å². The monoisotopic (exact) mass is 584 g/mol. The van der Waals surface area contributed by atoms with Gasteiger partial charge in [-0.05, 0) is 58.5 Å². The van der Waals surface area contributed by atoms with Gasteiger partial charge in [-0.3, -0.25) is 15.0 Å². The van der Waals surface area contributed by atoms with Crippen molar-refractivity contribution >= 4 is 11.8 Å². The molecule has 0 aliphatic carbocycles. The van der Waals surface area contributed by atoms with Crippen molar-refractivity contribution in [2.75, 3.05) is 14.2 Å². The van der Waals surface area contributed by atoms with E-state index in [-0.39, 0.29) is 22.6 Å². The normalized spacial score (nSPS) is 11.9. The molecule has 220 valence electrons. The van der Waals surface area contributed by atoms with Gasteiger partial charge in [0.2, 0.25) is 0 Å². The van der Waals surface area contributed by atoms with Crippen LogP contribution < -0.4 is 4.74 Å². The molecule has 7 nitrogen and oxygen atoms in total. The van der Waals surface area contributed by atoms with E-state index in [0.717, 1.165) is 35.8 Å². The first kappa shape index (κ1) is 31.2. The molecule has 0 N–H and O–H groups in total. The van der Waals surface area contributed by atoms with E-state index in [1.165, 1.54) is 13.2 Å². The van der Waals surface area contributed by atoms with Gasteiger partial charge < -0.3 is 9.47 Å². The molecule has 0 aliphatic rings. The molecule has 0 spiro atoms. The highest BCUT2D eigenvalue weighted by Crippen LogP contribution is 2.39. The van der Waals surface area contributed by atoms with E-state index in [0.29, 0.717) is 23.4 Å². The predicted octanol–water partition coefficient (Wildman–Crippen LogP) is 8.20. The second-order valence-corrected chi connectivity index (χ2v) is 9.45. The molecule has 0 saturated heterocycles. The number of halogens is 6. The highest BCUT2D eigenvalue weighted by atomic mass is 19.4. The van der Waals surface area contributed by atoms with Crippen LogP contribution in [0, 0.1) is 10.1 Å². The Morgan fingerprint density at radius 3 is 2.07 bits per heavy atom. The quantitative estimate of drug-likeness (QED) is 0.151. The van der Waals surface area contributed by atoms with Gasteiger partial charge in [0.1, 0.15) is 5.75 Å². The molecule has 3 aromatic carbocycles. The van der Waals surface area contributed by atoms with E-state index in [1.807, 2.05) is 13.8 Å². The zero-order valence-electron chi connectivity index (χ0n) is 22.4. The smallest absolute Gasteiger partial charge is 0.416 e. The zero-order chi connectivity index (χ0) is 30.7. The standard InChI is InChI=1S/C28H26F6N2O5/c1-16(2)18-5-8-25(40-3)24(12-18)23-7-6-20(27(29,30)31)11-19(23)15-35(26(37)41-4)14-17-9-21(28(32,33)34)13-22(10-17)36(38)39/h5-13,16H,14-15H2,1-4H3.